The average molecular weight is 288 g/mol. The van der Waals surface area contributed by atoms with E-state index >= 15 is 0 Å². The lowest BCUT2D eigenvalue weighted by molar-refractivity contribution is -0.132. The number of nitrogens with two attached hydrogens (primary N) is 1. The van der Waals surface area contributed by atoms with E-state index < -0.39 is 0 Å². The first-order valence-electron chi connectivity index (χ1n) is 6.11. The van der Waals surface area contributed by atoms with Gasteiger partial charge in [-0.05, 0) is 23.6 Å². The fourth-order valence-corrected chi connectivity index (χ4v) is 1.71. The van der Waals surface area contributed by atoms with Crippen LogP contribution in [0.25, 0.3) is 0 Å². The van der Waals surface area contributed by atoms with E-state index in [4.69, 9.17) is 15.2 Å². The smallest absolute Gasteiger partial charge is 0.308 e. The van der Waals surface area contributed by atoms with Gasteiger partial charge in [0.1, 0.15) is 0 Å². The molecule has 1 unspecified atom stereocenters. The Balaban J connectivity index is 0.00000324. The van der Waals surface area contributed by atoms with Gasteiger partial charge in [0.05, 0.1) is 7.11 Å². The molecule has 108 valence electrons. The highest BCUT2D eigenvalue weighted by atomic mass is 35.5. The van der Waals surface area contributed by atoms with Gasteiger partial charge in [0.25, 0.3) is 0 Å². The van der Waals surface area contributed by atoms with Crippen LogP contribution in [0.15, 0.2) is 18.2 Å². The van der Waals surface area contributed by atoms with Crippen LogP contribution in [0.1, 0.15) is 38.8 Å². The van der Waals surface area contributed by atoms with Crippen molar-refractivity contribution in [3.8, 4) is 11.5 Å². The molecule has 0 aromatic heterocycles. The number of hydrogen-bond donors (Lipinski definition) is 1. The first kappa shape index (κ1) is 17.7. The van der Waals surface area contributed by atoms with Crippen molar-refractivity contribution in [3.05, 3.63) is 23.8 Å². The molecule has 1 aromatic carbocycles. The van der Waals surface area contributed by atoms with E-state index in [0.29, 0.717) is 17.4 Å². The molecule has 0 aliphatic heterocycles. The maximum Gasteiger partial charge on any atom is 0.308 e. The monoisotopic (exact) mass is 287 g/mol. The van der Waals surface area contributed by atoms with Crippen LogP contribution in [0.2, 0.25) is 0 Å². The van der Waals surface area contributed by atoms with Crippen LogP contribution in [-0.4, -0.2) is 13.1 Å². The van der Waals surface area contributed by atoms with Crippen molar-refractivity contribution in [1.29, 1.82) is 0 Å². The number of hydrogen-bond acceptors (Lipinski definition) is 4. The Hall–Kier alpha value is -1.26. The van der Waals surface area contributed by atoms with Crippen LogP contribution >= 0.6 is 12.4 Å². The van der Waals surface area contributed by atoms with Gasteiger partial charge in [0, 0.05) is 13.0 Å². The molecule has 2 N–H and O–H groups in total. The molecular formula is C14H22ClNO3. The summed E-state index contributed by atoms with van der Waals surface area (Å²) in [4.78, 5) is 11.0. The molecule has 19 heavy (non-hydrogen) atoms. The number of carbonyl (C=O) groups is 1. The molecule has 2 atom stereocenters. The summed E-state index contributed by atoms with van der Waals surface area (Å²) in [6.07, 6.45) is 1.01. The fraction of sp³-hybridized carbons (Fsp3) is 0.500. The van der Waals surface area contributed by atoms with Crippen LogP contribution < -0.4 is 15.2 Å². The first-order chi connectivity index (χ1) is 8.49. The van der Waals surface area contributed by atoms with Gasteiger partial charge in [-0.15, -0.1) is 12.4 Å². The average Bonchev–Trinajstić information content (AvgIpc) is 2.36. The van der Waals surface area contributed by atoms with Crippen molar-refractivity contribution in [2.45, 2.75) is 33.2 Å². The molecule has 1 aromatic rings. The number of rotatable bonds is 5. The maximum absolute atomic E-state index is 11.0. The number of carbonyl (C=O) groups excluding carboxylic acids is 1. The number of halogens is 1. The topological polar surface area (TPSA) is 61.5 Å². The zero-order valence-electron chi connectivity index (χ0n) is 11.8. The lowest BCUT2D eigenvalue weighted by atomic mass is 9.93. The molecule has 1 rings (SSSR count). The molecular weight excluding hydrogens is 266 g/mol. The van der Waals surface area contributed by atoms with Gasteiger partial charge in [-0.3, -0.25) is 4.79 Å². The third-order valence-electron chi connectivity index (χ3n) is 3.08. The summed E-state index contributed by atoms with van der Waals surface area (Å²) in [6.45, 7) is 5.57. The minimum Gasteiger partial charge on any atom is -0.493 e. The third kappa shape index (κ3) is 4.73. The summed E-state index contributed by atoms with van der Waals surface area (Å²) in [5.74, 6) is 0.966. The van der Waals surface area contributed by atoms with Gasteiger partial charge in [-0.25, -0.2) is 0 Å². The Labute approximate surface area is 120 Å². The van der Waals surface area contributed by atoms with Crippen LogP contribution in [0.4, 0.5) is 0 Å². The Morgan fingerprint density at radius 1 is 1.37 bits per heavy atom. The largest absolute Gasteiger partial charge is 0.493 e. The van der Waals surface area contributed by atoms with Crippen LogP contribution in [0, 0.1) is 5.92 Å². The lowest BCUT2D eigenvalue weighted by Crippen LogP contribution is -2.18. The number of benzene rings is 1. The van der Waals surface area contributed by atoms with Gasteiger partial charge in [-0.2, -0.15) is 0 Å². The zero-order valence-corrected chi connectivity index (χ0v) is 12.6. The predicted molar refractivity (Wildman–Crippen MR) is 77.9 cm³/mol. The zero-order chi connectivity index (χ0) is 13.7. The van der Waals surface area contributed by atoms with E-state index in [2.05, 4.69) is 13.8 Å². The van der Waals surface area contributed by atoms with Crippen molar-refractivity contribution < 1.29 is 14.3 Å². The summed E-state index contributed by atoms with van der Waals surface area (Å²) in [5, 5.41) is 0. The van der Waals surface area contributed by atoms with E-state index in [0.717, 1.165) is 12.0 Å². The van der Waals surface area contributed by atoms with Gasteiger partial charge in [0.15, 0.2) is 11.5 Å². The van der Waals surface area contributed by atoms with Crippen molar-refractivity contribution in [1.82, 2.24) is 0 Å². The molecule has 5 heteroatoms. The molecule has 0 amide bonds. The van der Waals surface area contributed by atoms with E-state index in [1.807, 2.05) is 12.1 Å². The van der Waals surface area contributed by atoms with E-state index in [-0.39, 0.29) is 24.4 Å². The number of methoxy groups -OCH3 is 1. The second kappa shape index (κ2) is 8.02. The van der Waals surface area contributed by atoms with Crippen molar-refractivity contribution >= 4 is 18.4 Å². The van der Waals surface area contributed by atoms with Crippen LogP contribution in [0.5, 0.6) is 11.5 Å². The maximum atomic E-state index is 11.0. The number of ether oxygens (including phenoxy) is 2. The second-order valence-corrected chi connectivity index (χ2v) is 4.42. The minimum absolute atomic E-state index is 0. The van der Waals surface area contributed by atoms with Crippen LogP contribution in [0.3, 0.4) is 0 Å². The lowest BCUT2D eigenvalue weighted by Gasteiger charge is -2.20. The Morgan fingerprint density at radius 2 is 2.00 bits per heavy atom. The first-order valence-corrected chi connectivity index (χ1v) is 6.11. The summed E-state index contributed by atoms with van der Waals surface area (Å²) >= 11 is 0. The number of esters is 1. The van der Waals surface area contributed by atoms with Crippen molar-refractivity contribution in [2.24, 2.45) is 11.7 Å². The van der Waals surface area contributed by atoms with Gasteiger partial charge < -0.3 is 15.2 Å². The molecule has 4 nitrogen and oxygen atoms in total. The van der Waals surface area contributed by atoms with Gasteiger partial charge >= 0.3 is 5.97 Å². The molecule has 0 bridgehead atoms. The molecule has 0 aliphatic rings. The molecule has 0 saturated heterocycles. The van der Waals surface area contributed by atoms with E-state index in [9.17, 15) is 4.79 Å². The molecule has 0 fully saturated rings. The molecule has 0 heterocycles. The highest BCUT2D eigenvalue weighted by molar-refractivity contribution is 5.85. The second-order valence-electron chi connectivity index (χ2n) is 4.42. The quantitative estimate of drug-likeness (QED) is 0.668. The fourth-order valence-electron chi connectivity index (χ4n) is 1.71. The predicted octanol–water partition coefficient (Wildman–Crippen LogP) is 3.09. The molecule has 0 aliphatic carbocycles. The van der Waals surface area contributed by atoms with Crippen molar-refractivity contribution in [2.75, 3.05) is 7.11 Å². The standard InChI is InChI=1S/C14H21NO3.ClH/c1-5-9(2)14(15)11-6-7-12(18-10(3)16)13(8-11)17-4;/h6-9,14H,5,15H2,1-4H3;1H/t9?,14-;/m0./s1. The summed E-state index contributed by atoms with van der Waals surface area (Å²) in [7, 11) is 1.54. The third-order valence-corrected chi connectivity index (χ3v) is 3.08. The van der Waals surface area contributed by atoms with Crippen LogP contribution in [-0.2, 0) is 4.79 Å². The molecule has 0 spiro atoms. The summed E-state index contributed by atoms with van der Waals surface area (Å²) in [6, 6.07) is 5.38. The Kier molecular flexibility index (Phi) is 7.49. The summed E-state index contributed by atoms with van der Waals surface area (Å²) < 4.78 is 10.3. The molecule has 0 saturated carbocycles. The minimum atomic E-state index is -0.368. The van der Waals surface area contributed by atoms with E-state index in [1.165, 1.54) is 6.92 Å². The molecule has 0 radical (unpaired) electrons. The Morgan fingerprint density at radius 3 is 2.47 bits per heavy atom. The highest BCUT2D eigenvalue weighted by Gasteiger charge is 2.16. The SMILES string of the molecule is CCC(C)[C@H](N)c1ccc(OC(C)=O)c(OC)c1.Cl. The summed E-state index contributed by atoms with van der Waals surface area (Å²) in [5.41, 5.74) is 7.14. The van der Waals surface area contributed by atoms with Crippen molar-refractivity contribution in [3.63, 3.8) is 0 Å². The van der Waals surface area contributed by atoms with Gasteiger partial charge in [-0.1, -0.05) is 26.3 Å². The van der Waals surface area contributed by atoms with E-state index in [1.54, 1.807) is 13.2 Å². The highest BCUT2D eigenvalue weighted by Crippen LogP contribution is 2.32. The Bertz CT molecular complexity index is 423. The normalized spacial score (nSPS) is 13.1. The van der Waals surface area contributed by atoms with Gasteiger partial charge in [0.2, 0.25) is 0 Å².